The summed E-state index contributed by atoms with van der Waals surface area (Å²) in [5.41, 5.74) is 7.46. The highest BCUT2D eigenvalue weighted by molar-refractivity contribution is 8.29. The Morgan fingerprint density at radius 3 is 1.47 bits per heavy atom. The fourth-order valence-electron chi connectivity index (χ4n) is 3.11. The molecule has 2 heterocycles. The van der Waals surface area contributed by atoms with Gasteiger partial charge < -0.3 is 0 Å². The molecule has 34 heavy (non-hydrogen) atoms. The largest absolute Gasteiger partial charge is 0.286 e. The molecule has 0 radical (unpaired) electrons. The lowest BCUT2D eigenvalue weighted by molar-refractivity contribution is -0.126. The Hall–Kier alpha value is -3.06. The highest BCUT2D eigenvalue weighted by Gasteiger charge is 2.43. The van der Waals surface area contributed by atoms with Gasteiger partial charge in [0.2, 0.25) is 0 Å². The van der Waals surface area contributed by atoms with Crippen LogP contribution >= 0.6 is 48.0 Å². The number of amides is 4. The molecule has 4 rings (SSSR count). The van der Waals surface area contributed by atoms with Gasteiger partial charge in [0.25, 0.3) is 23.6 Å². The van der Waals surface area contributed by atoms with Crippen LogP contribution in [-0.4, -0.2) is 42.3 Å². The standard InChI is InChI=1S/C22H16N4O4S4/c1-11-5-3-7-13(9-11)17(27)23-25-19(29)15(33-21(25)31)16-20(30)26(22(32)34-16)24-18(28)14-8-4-6-12(2)10-14/h3-10H,1-2H3,(H,23,27)(H,24,28)/b16-15+. The van der Waals surface area contributed by atoms with Crippen molar-refractivity contribution in [2.24, 2.45) is 0 Å². The molecule has 2 saturated heterocycles. The molecule has 12 heteroatoms. The van der Waals surface area contributed by atoms with Crippen molar-refractivity contribution in [3.63, 3.8) is 0 Å². The van der Waals surface area contributed by atoms with E-state index in [1.165, 1.54) is 0 Å². The molecular formula is C22H16N4O4S4. The lowest BCUT2D eigenvalue weighted by atomic mass is 10.1. The maximum atomic E-state index is 13.0. The zero-order valence-electron chi connectivity index (χ0n) is 17.8. The molecule has 2 aliphatic heterocycles. The van der Waals surface area contributed by atoms with Crippen LogP contribution in [0.15, 0.2) is 58.3 Å². The number of carbonyl (C=O) groups is 4. The van der Waals surface area contributed by atoms with Gasteiger partial charge in [0.1, 0.15) is 9.81 Å². The second-order valence-electron chi connectivity index (χ2n) is 7.30. The number of hydrogen-bond donors (Lipinski definition) is 2. The Bertz CT molecular complexity index is 1220. The average molecular weight is 529 g/mol. The second-order valence-corrected chi connectivity index (χ2v) is 10.6. The Balaban J connectivity index is 1.52. The van der Waals surface area contributed by atoms with Gasteiger partial charge in [-0.3, -0.25) is 30.0 Å². The highest BCUT2D eigenvalue weighted by atomic mass is 32.2. The third-order valence-corrected chi connectivity index (χ3v) is 7.61. The van der Waals surface area contributed by atoms with Crippen LogP contribution < -0.4 is 10.9 Å². The van der Waals surface area contributed by atoms with E-state index >= 15 is 0 Å². The number of rotatable bonds is 4. The summed E-state index contributed by atoms with van der Waals surface area (Å²) < 4.78 is 0.130. The van der Waals surface area contributed by atoms with Crippen LogP contribution in [0.25, 0.3) is 0 Å². The molecule has 0 aromatic heterocycles. The molecule has 0 atom stereocenters. The third-order valence-electron chi connectivity index (χ3n) is 4.73. The molecule has 2 fully saturated rings. The van der Waals surface area contributed by atoms with Crippen LogP contribution in [0.3, 0.4) is 0 Å². The summed E-state index contributed by atoms with van der Waals surface area (Å²) in [7, 11) is 0. The van der Waals surface area contributed by atoms with E-state index in [2.05, 4.69) is 10.9 Å². The number of hydrogen-bond acceptors (Lipinski definition) is 8. The Morgan fingerprint density at radius 1 is 0.735 bits per heavy atom. The van der Waals surface area contributed by atoms with Crippen molar-refractivity contribution >= 4 is 80.2 Å². The predicted octanol–water partition coefficient (Wildman–Crippen LogP) is 3.23. The molecule has 2 aliphatic rings. The smallest absolute Gasteiger partial charge is 0.267 e. The summed E-state index contributed by atoms with van der Waals surface area (Å²) >= 11 is 12.3. The van der Waals surface area contributed by atoms with Crippen LogP contribution in [0.4, 0.5) is 0 Å². The second kappa shape index (κ2) is 9.66. The molecular weight excluding hydrogens is 513 g/mol. The zero-order chi connectivity index (χ0) is 24.6. The van der Waals surface area contributed by atoms with Gasteiger partial charge in [-0.15, -0.1) is 0 Å². The minimum Gasteiger partial charge on any atom is -0.267 e. The van der Waals surface area contributed by atoms with Crippen LogP contribution in [-0.2, 0) is 9.59 Å². The Labute approximate surface area is 214 Å². The average Bonchev–Trinajstić information content (AvgIpc) is 3.23. The predicted molar refractivity (Wildman–Crippen MR) is 138 cm³/mol. The SMILES string of the molecule is Cc1cccc(C(=O)NN2C(=O)/C(=C3\SC(=S)N(NC(=O)c4cccc(C)c4)C3=O)SC2=S)c1. The molecule has 2 N–H and O–H groups in total. The molecule has 2 aromatic carbocycles. The van der Waals surface area contributed by atoms with Crippen molar-refractivity contribution in [1.82, 2.24) is 20.9 Å². The number of thiocarbonyl (C=S) groups is 2. The van der Waals surface area contributed by atoms with Crippen LogP contribution in [0.1, 0.15) is 31.8 Å². The van der Waals surface area contributed by atoms with E-state index < -0.39 is 23.6 Å². The van der Waals surface area contributed by atoms with Crippen molar-refractivity contribution in [1.29, 1.82) is 0 Å². The maximum Gasteiger partial charge on any atom is 0.286 e. The van der Waals surface area contributed by atoms with Crippen molar-refractivity contribution < 1.29 is 19.2 Å². The molecule has 0 saturated carbocycles. The van der Waals surface area contributed by atoms with Gasteiger partial charge in [-0.25, -0.2) is 0 Å². The molecule has 0 unspecified atom stereocenters. The molecule has 0 bridgehead atoms. The van der Waals surface area contributed by atoms with Gasteiger partial charge >= 0.3 is 0 Å². The summed E-state index contributed by atoms with van der Waals surface area (Å²) in [6.07, 6.45) is 0. The quantitative estimate of drug-likeness (QED) is 0.461. The zero-order valence-corrected chi connectivity index (χ0v) is 21.0. The fourth-order valence-corrected chi connectivity index (χ4v) is 5.62. The number of benzene rings is 2. The summed E-state index contributed by atoms with van der Waals surface area (Å²) in [6, 6.07) is 13.7. The van der Waals surface area contributed by atoms with Gasteiger partial charge in [0.05, 0.1) is 0 Å². The van der Waals surface area contributed by atoms with E-state index in [0.29, 0.717) is 11.1 Å². The van der Waals surface area contributed by atoms with E-state index in [1.54, 1.807) is 36.4 Å². The summed E-state index contributed by atoms with van der Waals surface area (Å²) in [6.45, 7) is 3.69. The Kier molecular flexibility index (Phi) is 6.84. The lowest BCUT2D eigenvalue weighted by Crippen LogP contribution is -2.45. The molecule has 0 aliphatic carbocycles. The van der Waals surface area contributed by atoms with Gasteiger partial charge in [-0.2, -0.15) is 10.0 Å². The first-order valence-corrected chi connectivity index (χ1v) is 12.2. The number of nitrogens with one attached hydrogen (secondary N) is 2. The topological polar surface area (TPSA) is 98.8 Å². The third kappa shape index (κ3) is 4.75. The first-order valence-electron chi connectivity index (χ1n) is 9.78. The van der Waals surface area contributed by atoms with Crippen molar-refractivity contribution in [2.75, 3.05) is 0 Å². The van der Waals surface area contributed by atoms with E-state index in [0.717, 1.165) is 44.7 Å². The van der Waals surface area contributed by atoms with E-state index in [1.807, 2.05) is 26.0 Å². The summed E-state index contributed by atoms with van der Waals surface area (Å²) in [4.78, 5) is 51.2. The minimum atomic E-state index is -0.651. The van der Waals surface area contributed by atoms with Gasteiger partial charge in [-0.1, -0.05) is 58.9 Å². The van der Waals surface area contributed by atoms with Crippen LogP contribution in [0.2, 0.25) is 0 Å². The molecule has 0 spiro atoms. The molecule has 2 aromatic rings. The van der Waals surface area contributed by atoms with Gasteiger partial charge in [0.15, 0.2) is 8.64 Å². The van der Waals surface area contributed by atoms with Gasteiger partial charge in [-0.05, 0) is 62.5 Å². The van der Waals surface area contributed by atoms with Crippen molar-refractivity contribution in [3.05, 3.63) is 80.6 Å². The fraction of sp³-hybridized carbons (Fsp3) is 0.0909. The molecule has 4 amide bonds. The first kappa shape index (κ1) is 24.1. The minimum absolute atomic E-state index is 0.0270. The van der Waals surface area contributed by atoms with Crippen LogP contribution in [0, 0.1) is 13.8 Å². The number of carbonyl (C=O) groups excluding carboxylic acids is 4. The molecule has 172 valence electrons. The Morgan fingerprint density at radius 2 is 1.12 bits per heavy atom. The van der Waals surface area contributed by atoms with Crippen molar-refractivity contribution in [2.45, 2.75) is 13.8 Å². The number of hydrazine groups is 2. The molecule has 8 nitrogen and oxygen atoms in total. The highest BCUT2D eigenvalue weighted by Crippen LogP contribution is 2.41. The number of aryl methyl sites for hydroxylation is 2. The monoisotopic (exact) mass is 528 g/mol. The van der Waals surface area contributed by atoms with E-state index in [-0.39, 0.29) is 18.5 Å². The van der Waals surface area contributed by atoms with E-state index in [9.17, 15) is 19.2 Å². The lowest BCUT2D eigenvalue weighted by Gasteiger charge is -2.16. The van der Waals surface area contributed by atoms with E-state index in [4.69, 9.17) is 24.4 Å². The summed E-state index contributed by atoms with van der Waals surface area (Å²) in [5, 5.41) is 1.86. The summed E-state index contributed by atoms with van der Waals surface area (Å²) in [5.74, 6) is -2.33. The first-order chi connectivity index (χ1) is 16.2. The normalized spacial score (nSPS) is 18.1. The number of nitrogens with zero attached hydrogens (tertiary/aromatic N) is 2. The van der Waals surface area contributed by atoms with Gasteiger partial charge in [0, 0.05) is 11.1 Å². The maximum absolute atomic E-state index is 13.0. The van der Waals surface area contributed by atoms with Crippen LogP contribution in [0.5, 0.6) is 0 Å². The number of thioether (sulfide) groups is 2. The van der Waals surface area contributed by atoms with Crippen molar-refractivity contribution in [3.8, 4) is 0 Å².